The van der Waals surface area contributed by atoms with Crippen molar-refractivity contribution in [3.8, 4) is 0 Å². The number of benzene rings is 2. The van der Waals surface area contributed by atoms with Crippen LogP contribution in [0, 0.1) is 11.8 Å². The third kappa shape index (κ3) is 4.96. The van der Waals surface area contributed by atoms with E-state index in [1.165, 1.54) is 12.0 Å². The summed E-state index contributed by atoms with van der Waals surface area (Å²) in [5, 5.41) is 7.30. The molecule has 2 aliphatic carbocycles. The molecule has 0 bridgehead atoms. The predicted octanol–water partition coefficient (Wildman–Crippen LogP) is 4.85. The highest BCUT2D eigenvalue weighted by Gasteiger charge is 2.43. The minimum absolute atomic E-state index is 0.00123. The summed E-state index contributed by atoms with van der Waals surface area (Å²) in [7, 11) is 0. The second kappa shape index (κ2) is 9.24. The number of nitrogens with zero attached hydrogens (tertiary/aromatic N) is 1. The van der Waals surface area contributed by atoms with Gasteiger partial charge in [-0.05, 0) is 55.4 Å². The monoisotopic (exact) mass is 403 g/mol. The Morgan fingerprint density at radius 1 is 0.900 bits per heavy atom. The topological polar surface area (TPSA) is 70.6 Å². The smallest absolute Gasteiger partial charge is 0.243 e. The number of carbonyl (C=O) groups is 2. The fraction of sp³-hybridized carbons (Fsp3) is 0.400. The molecule has 5 heteroatoms. The summed E-state index contributed by atoms with van der Waals surface area (Å²) in [5.74, 6) is 0.534. The molecule has 156 valence electrons. The van der Waals surface area contributed by atoms with Crippen LogP contribution < -0.4 is 10.7 Å². The number of hydrazone groups is 1. The summed E-state index contributed by atoms with van der Waals surface area (Å²) < 4.78 is 0. The van der Waals surface area contributed by atoms with Crippen LogP contribution in [0.2, 0.25) is 0 Å². The van der Waals surface area contributed by atoms with Crippen molar-refractivity contribution >= 4 is 23.2 Å². The van der Waals surface area contributed by atoms with Gasteiger partial charge in [0, 0.05) is 17.5 Å². The number of hydrogen-bond donors (Lipinski definition) is 2. The third-order valence-corrected chi connectivity index (χ3v) is 6.23. The van der Waals surface area contributed by atoms with Gasteiger partial charge in [0.25, 0.3) is 0 Å². The molecule has 0 unspecified atom stereocenters. The Balaban J connectivity index is 1.29. The van der Waals surface area contributed by atoms with Crippen molar-refractivity contribution in [3.63, 3.8) is 0 Å². The minimum Gasteiger partial charge on any atom is -0.326 e. The van der Waals surface area contributed by atoms with E-state index >= 15 is 0 Å². The summed E-state index contributed by atoms with van der Waals surface area (Å²) >= 11 is 0. The molecule has 2 aromatic carbocycles. The summed E-state index contributed by atoms with van der Waals surface area (Å²) in [6.45, 7) is 1.87. The first-order valence-electron chi connectivity index (χ1n) is 10.9. The van der Waals surface area contributed by atoms with E-state index in [2.05, 4.69) is 28.0 Å². The Kier molecular flexibility index (Phi) is 6.26. The number of nitrogens with one attached hydrogen (secondary N) is 2. The summed E-state index contributed by atoms with van der Waals surface area (Å²) in [4.78, 5) is 24.8. The fourth-order valence-electron chi connectivity index (χ4n) is 4.24. The molecule has 0 saturated heterocycles. The van der Waals surface area contributed by atoms with Crippen LogP contribution in [0.1, 0.15) is 62.5 Å². The molecule has 2 amide bonds. The van der Waals surface area contributed by atoms with Crippen molar-refractivity contribution in [2.45, 2.75) is 51.4 Å². The molecule has 0 aromatic heterocycles. The highest BCUT2D eigenvalue weighted by molar-refractivity contribution is 6.00. The third-order valence-electron chi connectivity index (χ3n) is 6.23. The maximum Gasteiger partial charge on any atom is 0.243 e. The maximum atomic E-state index is 12.4. The second-order valence-electron chi connectivity index (χ2n) is 8.43. The van der Waals surface area contributed by atoms with Crippen molar-refractivity contribution in [1.29, 1.82) is 0 Å². The van der Waals surface area contributed by atoms with Gasteiger partial charge in [-0.25, -0.2) is 5.43 Å². The minimum atomic E-state index is -0.0282. The molecule has 0 heterocycles. The van der Waals surface area contributed by atoms with E-state index < -0.39 is 0 Å². The molecule has 2 atom stereocenters. The van der Waals surface area contributed by atoms with Gasteiger partial charge in [0.05, 0.1) is 5.71 Å². The maximum absolute atomic E-state index is 12.4. The number of rotatable bonds is 6. The van der Waals surface area contributed by atoms with Crippen LogP contribution in [0.4, 0.5) is 5.69 Å². The average Bonchev–Trinajstić information content (AvgIpc) is 3.60. The molecule has 2 aliphatic rings. The molecule has 2 saturated carbocycles. The highest BCUT2D eigenvalue weighted by Crippen LogP contribution is 2.47. The summed E-state index contributed by atoms with van der Waals surface area (Å²) in [5.41, 5.74) is 6.38. The molecule has 2 N–H and O–H groups in total. The van der Waals surface area contributed by atoms with E-state index in [0.29, 0.717) is 5.92 Å². The van der Waals surface area contributed by atoms with Gasteiger partial charge in [-0.3, -0.25) is 9.59 Å². The lowest BCUT2D eigenvalue weighted by molar-refractivity contribution is -0.122. The standard InChI is InChI=1S/C25H29N3O2/c1-17(27-28-25(30)23-16-22(23)19-8-4-2-5-9-19)18-12-14-21(15-13-18)26-24(29)20-10-6-3-7-11-20/h2,4-5,8-9,12-15,20,22-23H,3,6-7,10-11,16H2,1H3,(H,26,29)(H,28,30)/b27-17+/t22-,23-/m1/s1. The molecule has 30 heavy (non-hydrogen) atoms. The molecular formula is C25H29N3O2. The Hall–Kier alpha value is -2.95. The molecule has 2 aromatic rings. The normalized spacial score (nSPS) is 21.7. The van der Waals surface area contributed by atoms with E-state index in [9.17, 15) is 9.59 Å². The first-order valence-corrected chi connectivity index (χ1v) is 10.9. The number of hydrogen-bond acceptors (Lipinski definition) is 3. The molecule has 0 radical (unpaired) electrons. The second-order valence-corrected chi connectivity index (χ2v) is 8.43. The van der Waals surface area contributed by atoms with Crippen molar-refractivity contribution in [1.82, 2.24) is 5.43 Å². The molecule has 4 rings (SSSR count). The number of carbonyl (C=O) groups excluding carboxylic acids is 2. The van der Waals surface area contributed by atoms with Crippen LogP contribution in [0.3, 0.4) is 0 Å². The molecule has 0 spiro atoms. The van der Waals surface area contributed by atoms with Crippen LogP contribution >= 0.6 is 0 Å². The SMILES string of the molecule is C/C(=N\NC(=O)[C@@H]1C[C@@H]1c1ccccc1)c1ccc(NC(=O)C2CCCCC2)cc1. The van der Waals surface area contributed by atoms with Crippen LogP contribution in [0.5, 0.6) is 0 Å². The number of anilines is 1. The van der Waals surface area contributed by atoms with E-state index in [1.54, 1.807) is 0 Å². The Morgan fingerprint density at radius 3 is 2.30 bits per heavy atom. The van der Waals surface area contributed by atoms with Crippen LogP contribution in [0.25, 0.3) is 0 Å². The zero-order chi connectivity index (χ0) is 20.9. The van der Waals surface area contributed by atoms with Gasteiger partial charge in [-0.15, -0.1) is 0 Å². The first-order chi connectivity index (χ1) is 14.6. The van der Waals surface area contributed by atoms with Gasteiger partial charge in [0.15, 0.2) is 0 Å². The first kappa shape index (κ1) is 20.3. The van der Waals surface area contributed by atoms with Gasteiger partial charge in [0.1, 0.15) is 0 Å². The van der Waals surface area contributed by atoms with E-state index in [-0.39, 0.29) is 23.7 Å². The highest BCUT2D eigenvalue weighted by atomic mass is 16.2. The number of amides is 2. The van der Waals surface area contributed by atoms with Gasteiger partial charge in [0.2, 0.25) is 11.8 Å². The molecule has 5 nitrogen and oxygen atoms in total. The fourth-order valence-corrected chi connectivity index (χ4v) is 4.24. The Labute approximate surface area is 178 Å². The van der Waals surface area contributed by atoms with Crippen LogP contribution in [0.15, 0.2) is 59.7 Å². The lowest BCUT2D eigenvalue weighted by Gasteiger charge is -2.20. The Bertz CT molecular complexity index is 915. The van der Waals surface area contributed by atoms with Gasteiger partial charge in [-0.2, -0.15) is 5.10 Å². The largest absolute Gasteiger partial charge is 0.326 e. The average molecular weight is 404 g/mol. The molecule has 2 fully saturated rings. The summed E-state index contributed by atoms with van der Waals surface area (Å²) in [6.07, 6.45) is 6.38. The zero-order valence-corrected chi connectivity index (χ0v) is 17.4. The van der Waals surface area contributed by atoms with E-state index in [1.807, 2.05) is 49.4 Å². The van der Waals surface area contributed by atoms with Gasteiger partial charge in [-0.1, -0.05) is 61.7 Å². The van der Waals surface area contributed by atoms with Crippen molar-refractivity contribution < 1.29 is 9.59 Å². The van der Waals surface area contributed by atoms with Gasteiger partial charge >= 0.3 is 0 Å². The molecule has 0 aliphatic heterocycles. The van der Waals surface area contributed by atoms with Crippen molar-refractivity contribution in [3.05, 3.63) is 65.7 Å². The molecular weight excluding hydrogens is 374 g/mol. The lowest BCUT2D eigenvalue weighted by Crippen LogP contribution is -2.24. The van der Waals surface area contributed by atoms with Crippen molar-refractivity contribution in [2.24, 2.45) is 16.9 Å². The van der Waals surface area contributed by atoms with Gasteiger partial charge < -0.3 is 5.32 Å². The Morgan fingerprint density at radius 2 is 1.60 bits per heavy atom. The lowest BCUT2D eigenvalue weighted by atomic mass is 9.88. The van der Waals surface area contributed by atoms with Crippen LogP contribution in [-0.4, -0.2) is 17.5 Å². The zero-order valence-electron chi connectivity index (χ0n) is 17.4. The van der Waals surface area contributed by atoms with Crippen molar-refractivity contribution in [2.75, 3.05) is 5.32 Å². The van der Waals surface area contributed by atoms with E-state index in [4.69, 9.17) is 0 Å². The van der Waals surface area contributed by atoms with Crippen LogP contribution in [-0.2, 0) is 9.59 Å². The summed E-state index contributed by atoms with van der Waals surface area (Å²) in [6, 6.07) is 17.8. The predicted molar refractivity (Wildman–Crippen MR) is 119 cm³/mol. The van der Waals surface area contributed by atoms with E-state index in [0.717, 1.165) is 49.1 Å². The quantitative estimate of drug-likeness (QED) is 0.535.